The van der Waals surface area contributed by atoms with Gasteiger partial charge in [-0.15, -0.1) is 0 Å². The van der Waals surface area contributed by atoms with Gasteiger partial charge in [-0.2, -0.15) is 0 Å². The number of hydrazine groups is 2. The number of allylic oxidation sites excluding steroid dienone is 2. The zero-order chi connectivity index (χ0) is 27.9. The van der Waals surface area contributed by atoms with E-state index in [4.69, 9.17) is 32.6 Å². The number of hydrogen-bond donors (Lipinski definition) is 4. The fraction of sp³-hybridized carbons (Fsp3) is 0.429. The van der Waals surface area contributed by atoms with E-state index in [2.05, 4.69) is 44.0 Å². The first-order valence-electron chi connectivity index (χ1n) is 12.8. The molecule has 8 nitrogen and oxygen atoms in total. The summed E-state index contributed by atoms with van der Waals surface area (Å²) in [5.41, 5.74) is 16.3. The van der Waals surface area contributed by atoms with E-state index in [1.165, 1.54) is 11.1 Å². The van der Waals surface area contributed by atoms with E-state index in [9.17, 15) is 0 Å². The largest absolute Gasteiger partial charge is 0.496 e. The monoisotopic (exact) mass is 652 g/mol. The van der Waals surface area contributed by atoms with Crippen LogP contribution in [0.15, 0.2) is 69.1 Å². The fourth-order valence-electron chi connectivity index (χ4n) is 3.94. The Balaban J connectivity index is 1.59. The summed E-state index contributed by atoms with van der Waals surface area (Å²) in [7, 11) is 3.31. The van der Waals surface area contributed by atoms with Crippen molar-refractivity contribution in [3.8, 4) is 11.5 Å². The second kappa shape index (κ2) is 17.2. The smallest absolute Gasteiger partial charge is 0.133 e. The van der Waals surface area contributed by atoms with Gasteiger partial charge < -0.3 is 31.0 Å². The molecule has 0 saturated heterocycles. The van der Waals surface area contributed by atoms with Crippen molar-refractivity contribution < 1.29 is 9.47 Å². The third-order valence-corrected chi connectivity index (χ3v) is 7.33. The molecule has 0 aliphatic rings. The average molecular weight is 654 g/mol. The van der Waals surface area contributed by atoms with Crippen molar-refractivity contribution in [2.45, 2.75) is 51.4 Å². The maximum atomic E-state index is 6.17. The maximum Gasteiger partial charge on any atom is 0.133 e. The van der Waals surface area contributed by atoms with E-state index in [0.717, 1.165) is 83.2 Å². The molecule has 210 valence electrons. The third kappa shape index (κ3) is 12.0. The minimum atomic E-state index is 0.681. The number of nitrogens with two attached hydrogens (primary N) is 4. The van der Waals surface area contributed by atoms with Crippen molar-refractivity contribution in [3.63, 3.8) is 0 Å². The van der Waals surface area contributed by atoms with Crippen molar-refractivity contribution in [1.82, 2.24) is 10.0 Å². The number of benzene rings is 2. The molecule has 0 spiro atoms. The van der Waals surface area contributed by atoms with Gasteiger partial charge in [0, 0.05) is 36.9 Å². The van der Waals surface area contributed by atoms with Crippen LogP contribution >= 0.6 is 31.9 Å². The van der Waals surface area contributed by atoms with E-state index in [-0.39, 0.29) is 0 Å². The van der Waals surface area contributed by atoms with Crippen LogP contribution in [0.2, 0.25) is 0 Å². The Morgan fingerprint density at radius 1 is 0.711 bits per heavy atom. The Hall–Kier alpha value is -2.40. The topological polar surface area (TPSA) is 129 Å². The average Bonchev–Trinajstić information content (AvgIpc) is 2.88. The van der Waals surface area contributed by atoms with E-state index < -0.39 is 0 Å². The summed E-state index contributed by atoms with van der Waals surface area (Å²) < 4.78 is 12.4. The van der Waals surface area contributed by atoms with Crippen molar-refractivity contribution in [2.75, 3.05) is 27.3 Å². The third-order valence-electron chi connectivity index (χ3n) is 6.09. The minimum Gasteiger partial charge on any atom is -0.496 e. The zero-order valence-corrected chi connectivity index (χ0v) is 25.6. The van der Waals surface area contributed by atoms with Crippen LogP contribution in [0.3, 0.4) is 0 Å². The molecule has 0 amide bonds. The van der Waals surface area contributed by atoms with Crippen LogP contribution in [-0.4, -0.2) is 37.3 Å². The van der Waals surface area contributed by atoms with Crippen LogP contribution in [0.4, 0.5) is 0 Å². The lowest BCUT2D eigenvalue weighted by molar-refractivity contribution is 0.391. The molecule has 2 rings (SSSR count). The first kappa shape index (κ1) is 31.8. The summed E-state index contributed by atoms with van der Waals surface area (Å²) in [5.74, 6) is 13.9. The summed E-state index contributed by atoms with van der Waals surface area (Å²) in [6.45, 7) is 1.36. The molecule has 0 aliphatic carbocycles. The minimum absolute atomic E-state index is 0.681. The summed E-state index contributed by atoms with van der Waals surface area (Å²) >= 11 is 7.03. The SMILES string of the molecule is COc1ccc(CCN(N)/C=C(\N)CCCCCC/C(N)=C/N(N)CCc2ccc(OC)c(Br)c2)cc1Br. The zero-order valence-electron chi connectivity index (χ0n) is 22.5. The Morgan fingerprint density at radius 3 is 1.45 bits per heavy atom. The van der Waals surface area contributed by atoms with Crippen LogP contribution in [-0.2, 0) is 12.8 Å². The van der Waals surface area contributed by atoms with Crippen molar-refractivity contribution in [3.05, 3.63) is 80.3 Å². The second-order valence-electron chi connectivity index (χ2n) is 9.24. The Labute approximate surface area is 244 Å². The summed E-state index contributed by atoms with van der Waals surface area (Å²) in [6.07, 6.45) is 11.2. The molecule has 0 aromatic heterocycles. The first-order chi connectivity index (χ1) is 18.2. The molecule has 0 heterocycles. The Bertz CT molecular complexity index is 980. The maximum absolute atomic E-state index is 6.17. The normalized spacial score (nSPS) is 11.9. The molecule has 0 bridgehead atoms. The van der Waals surface area contributed by atoms with Crippen LogP contribution in [0.1, 0.15) is 49.7 Å². The second-order valence-corrected chi connectivity index (χ2v) is 10.9. The van der Waals surface area contributed by atoms with E-state index in [1.54, 1.807) is 24.2 Å². The number of ether oxygens (including phenoxy) is 2. The van der Waals surface area contributed by atoms with Gasteiger partial charge in [-0.1, -0.05) is 25.0 Å². The number of halogens is 2. The molecule has 0 atom stereocenters. The van der Waals surface area contributed by atoms with Gasteiger partial charge in [0.15, 0.2) is 0 Å². The molecular weight excluding hydrogens is 612 g/mol. The van der Waals surface area contributed by atoms with Gasteiger partial charge in [0.25, 0.3) is 0 Å². The van der Waals surface area contributed by atoms with Gasteiger partial charge >= 0.3 is 0 Å². The van der Waals surface area contributed by atoms with Crippen LogP contribution in [0.5, 0.6) is 11.5 Å². The predicted octanol–water partition coefficient (Wildman–Crippen LogP) is 5.31. The summed E-state index contributed by atoms with van der Waals surface area (Å²) in [6, 6.07) is 12.1. The highest BCUT2D eigenvalue weighted by atomic mass is 79.9. The highest BCUT2D eigenvalue weighted by Gasteiger charge is 2.05. The molecule has 8 N–H and O–H groups in total. The van der Waals surface area contributed by atoms with Gasteiger partial charge in [0.05, 0.1) is 23.2 Å². The van der Waals surface area contributed by atoms with Crippen LogP contribution < -0.4 is 32.6 Å². The molecule has 0 fully saturated rings. The lowest BCUT2D eigenvalue weighted by Gasteiger charge is -2.16. The molecule has 2 aromatic rings. The van der Waals surface area contributed by atoms with E-state index in [1.807, 2.05) is 36.7 Å². The molecule has 0 aliphatic heterocycles. The highest BCUT2D eigenvalue weighted by molar-refractivity contribution is 9.10. The van der Waals surface area contributed by atoms with Crippen molar-refractivity contribution >= 4 is 31.9 Å². The van der Waals surface area contributed by atoms with Gasteiger partial charge in [0.2, 0.25) is 0 Å². The van der Waals surface area contributed by atoms with Gasteiger partial charge in [0.1, 0.15) is 11.5 Å². The number of nitrogens with zero attached hydrogens (tertiary/aromatic N) is 2. The van der Waals surface area contributed by atoms with Gasteiger partial charge in [-0.3, -0.25) is 0 Å². The highest BCUT2D eigenvalue weighted by Crippen LogP contribution is 2.26. The molecular formula is C28H42Br2N6O2. The van der Waals surface area contributed by atoms with Crippen LogP contribution in [0.25, 0.3) is 0 Å². The summed E-state index contributed by atoms with van der Waals surface area (Å²) in [4.78, 5) is 0. The van der Waals surface area contributed by atoms with Crippen molar-refractivity contribution in [2.24, 2.45) is 23.2 Å². The molecule has 38 heavy (non-hydrogen) atoms. The first-order valence-corrected chi connectivity index (χ1v) is 14.4. The number of rotatable bonds is 17. The van der Waals surface area contributed by atoms with E-state index >= 15 is 0 Å². The standard InChI is InChI=1S/C28H42Br2N6O2/c1-37-27-11-9-21(17-25(27)29)13-15-35(33)19-23(31)7-5-3-4-6-8-24(32)20-36(34)16-14-22-10-12-28(38-2)26(30)18-22/h9-12,17-20H,3-8,13-16,31-34H2,1-2H3/b23-19-,24-20-. The van der Waals surface area contributed by atoms with Crippen LogP contribution in [0, 0.1) is 0 Å². The Morgan fingerprint density at radius 2 is 1.11 bits per heavy atom. The molecule has 0 unspecified atom stereocenters. The lowest BCUT2D eigenvalue weighted by atomic mass is 10.1. The lowest BCUT2D eigenvalue weighted by Crippen LogP contribution is -2.28. The molecule has 0 radical (unpaired) electrons. The fourth-order valence-corrected chi connectivity index (χ4v) is 5.12. The van der Waals surface area contributed by atoms with Gasteiger partial charge in [-0.05, 0) is 106 Å². The predicted molar refractivity (Wildman–Crippen MR) is 163 cm³/mol. The Kier molecular flexibility index (Phi) is 14.4. The number of methoxy groups -OCH3 is 2. The molecule has 2 aromatic carbocycles. The van der Waals surface area contributed by atoms with Crippen molar-refractivity contribution in [1.29, 1.82) is 0 Å². The van der Waals surface area contributed by atoms with E-state index in [0.29, 0.717) is 13.1 Å². The number of hydrogen-bond acceptors (Lipinski definition) is 8. The van der Waals surface area contributed by atoms with Gasteiger partial charge in [-0.25, -0.2) is 11.7 Å². The summed E-state index contributed by atoms with van der Waals surface area (Å²) in [5, 5.41) is 3.32. The quantitative estimate of drug-likeness (QED) is 0.103. The molecule has 0 saturated carbocycles. The number of unbranched alkanes of at least 4 members (excludes halogenated alkanes) is 3. The molecule has 10 heteroatoms.